The van der Waals surface area contributed by atoms with Crippen LogP contribution in [0.1, 0.15) is 45.4 Å². The number of hydrogen-bond donors (Lipinski definition) is 0. The first kappa shape index (κ1) is 14.3. The van der Waals surface area contributed by atoms with Crippen molar-refractivity contribution in [3.05, 3.63) is 36.8 Å². The quantitative estimate of drug-likeness (QED) is 0.642. The molecule has 20 heavy (non-hydrogen) atoms. The fourth-order valence-corrected chi connectivity index (χ4v) is 7.15. The van der Waals surface area contributed by atoms with Crippen LogP contribution in [0.4, 0.5) is 0 Å². The Bertz CT molecular complexity index is 368. The maximum Gasteiger partial charge on any atom is 0.265 e. The number of hydrogen-bond acceptors (Lipinski definition) is 1. The van der Waals surface area contributed by atoms with Crippen molar-refractivity contribution in [3.63, 3.8) is 0 Å². The van der Waals surface area contributed by atoms with Crippen LogP contribution in [0.5, 0.6) is 0 Å². The van der Waals surface area contributed by atoms with E-state index in [4.69, 9.17) is 4.43 Å². The molecule has 4 aliphatic carbocycles. The van der Waals surface area contributed by atoms with Gasteiger partial charge in [0.25, 0.3) is 8.32 Å². The van der Waals surface area contributed by atoms with Gasteiger partial charge in [0.2, 0.25) is 0 Å². The van der Waals surface area contributed by atoms with E-state index in [0.717, 1.165) is 17.8 Å². The van der Waals surface area contributed by atoms with Crippen LogP contribution in [0.15, 0.2) is 36.8 Å². The lowest BCUT2D eigenvalue weighted by molar-refractivity contribution is -0.107. The average Bonchev–Trinajstić information content (AvgIpc) is 2.43. The van der Waals surface area contributed by atoms with Gasteiger partial charge in [0.05, 0.1) is 0 Å². The molecular formula is C18H28OSi. The highest BCUT2D eigenvalue weighted by molar-refractivity contribution is 6.87. The first-order chi connectivity index (χ1) is 9.54. The predicted octanol–water partition coefficient (Wildman–Crippen LogP) is 4.73. The molecule has 4 bridgehead atoms. The van der Waals surface area contributed by atoms with Crippen molar-refractivity contribution in [3.8, 4) is 0 Å². The molecule has 0 N–H and O–H groups in total. The topological polar surface area (TPSA) is 9.23 Å². The fraction of sp³-hybridized carbons (Fsp3) is 0.667. The van der Waals surface area contributed by atoms with E-state index >= 15 is 0 Å². The highest BCUT2D eigenvalue weighted by Crippen LogP contribution is 2.61. The SMILES string of the molecule is C=C[Si](C=C)(C=C)OC(C)C12CC3CC(CC(C3)C1)C2. The summed E-state index contributed by atoms with van der Waals surface area (Å²) < 4.78 is 6.56. The van der Waals surface area contributed by atoms with Gasteiger partial charge in [0, 0.05) is 6.10 Å². The lowest BCUT2D eigenvalue weighted by atomic mass is 9.48. The van der Waals surface area contributed by atoms with Crippen LogP contribution in [0, 0.1) is 23.2 Å². The average molecular weight is 289 g/mol. The van der Waals surface area contributed by atoms with Gasteiger partial charge in [-0.1, -0.05) is 17.1 Å². The van der Waals surface area contributed by atoms with Crippen LogP contribution in [0.3, 0.4) is 0 Å². The summed E-state index contributed by atoms with van der Waals surface area (Å²) in [6.07, 6.45) is 8.93. The summed E-state index contributed by atoms with van der Waals surface area (Å²) in [5, 5.41) is 0. The Labute approximate surface area is 124 Å². The first-order valence-corrected chi connectivity index (χ1v) is 10.3. The second kappa shape index (κ2) is 4.99. The summed E-state index contributed by atoms with van der Waals surface area (Å²) in [6.45, 7) is 14.2. The second-order valence-electron chi connectivity index (χ2n) is 7.51. The molecule has 1 atom stereocenters. The minimum atomic E-state index is -2.14. The molecule has 110 valence electrons. The fourth-order valence-electron chi connectivity index (χ4n) is 5.50. The zero-order valence-corrected chi connectivity index (χ0v) is 13.8. The lowest BCUT2D eigenvalue weighted by Crippen LogP contribution is -2.54. The van der Waals surface area contributed by atoms with Crippen LogP contribution in [-0.2, 0) is 4.43 Å². The largest absolute Gasteiger partial charge is 0.402 e. The predicted molar refractivity (Wildman–Crippen MR) is 87.5 cm³/mol. The Kier molecular flexibility index (Phi) is 3.58. The molecular weight excluding hydrogens is 260 g/mol. The monoisotopic (exact) mass is 288 g/mol. The van der Waals surface area contributed by atoms with Gasteiger partial charge in [-0.2, -0.15) is 0 Å². The van der Waals surface area contributed by atoms with Crippen molar-refractivity contribution in [2.75, 3.05) is 0 Å². The van der Waals surface area contributed by atoms with Gasteiger partial charge in [-0.05, 0) is 68.6 Å². The summed E-state index contributed by atoms with van der Waals surface area (Å²) in [5.41, 5.74) is 6.32. The Balaban J connectivity index is 1.80. The van der Waals surface area contributed by atoms with Gasteiger partial charge >= 0.3 is 0 Å². The summed E-state index contributed by atoms with van der Waals surface area (Å²) >= 11 is 0. The zero-order valence-electron chi connectivity index (χ0n) is 12.8. The molecule has 1 unspecified atom stereocenters. The molecule has 0 amide bonds. The summed E-state index contributed by atoms with van der Waals surface area (Å²) in [4.78, 5) is 0. The minimum absolute atomic E-state index is 0.316. The van der Waals surface area contributed by atoms with Crippen molar-refractivity contribution in [1.82, 2.24) is 0 Å². The highest BCUT2D eigenvalue weighted by atomic mass is 28.4. The maximum absolute atomic E-state index is 6.56. The van der Waals surface area contributed by atoms with E-state index < -0.39 is 8.32 Å². The molecule has 1 nitrogen and oxygen atoms in total. The molecule has 0 saturated heterocycles. The van der Waals surface area contributed by atoms with Crippen LogP contribution >= 0.6 is 0 Å². The summed E-state index contributed by atoms with van der Waals surface area (Å²) in [6, 6.07) is 0. The summed E-state index contributed by atoms with van der Waals surface area (Å²) in [7, 11) is -2.14. The van der Waals surface area contributed by atoms with Gasteiger partial charge in [0.1, 0.15) is 0 Å². The van der Waals surface area contributed by atoms with Crippen molar-refractivity contribution < 1.29 is 4.43 Å². The van der Waals surface area contributed by atoms with E-state index in [1.807, 2.05) is 17.1 Å². The Morgan fingerprint density at radius 2 is 1.35 bits per heavy atom. The molecule has 0 radical (unpaired) electrons. The van der Waals surface area contributed by atoms with E-state index in [0.29, 0.717) is 11.5 Å². The maximum atomic E-state index is 6.56. The van der Waals surface area contributed by atoms with Crippen LogP contribution in [-0.4, -0.2) is 14.4 Å². The van der Waals surface area contributed by atoms with Gasteiger partial charge in [-0.3, -0.25) is 0 Å². The molecule has 4 saturated carbocycles. The number of rotatable bonds is 6. The van der Waals surface area contributed by atoms with Crippen molar-refractivity contribution in [1.29, 1.82) is 0 Å². The third-order valence-electron chi connectivity index (χ3n) is 6.29. The van der Waals surface area contributed by atoms with E-state index in [9.17, 15) is 0 Å². The normalized spacial score (nSPS) is 40.4. The van der Waals surface area contributed by atoms with Crippen LogP contribution in [0.2, 0.25) is 0 Å². The smallest absolute Gasteiger partial charge is 0.265 e. The Morgan fingerprint density at radius 1 is 0.950 bits per heavy atom. The van der Waals surface area contributed by atoms with Crippen molar-refractivity contribution in [2.45, 2.75) is 51.6 Å². The second-order valence-corrected chi connectivity index (χ2v) is 10.7. The summed E-state index contributed by atoms with van der Waals surface area (Å²) in [5.74, 6) is 2.92. The van der Waals surface area contributed by atoms with Gasteiger partial charge in [-0.25, -0.2) is 0 Å². The third-order valence-corrected chi connectivity index (χ3v) is 8.96. The van der Waals surface area contributed by atoms with E-state index in [1.54, 1.807) is 0 Å². The van der Waals surface area contributed by atoms with Crippen molar-refractivity contribution in [2.24, 2.45) is 23.2 Å². The van der Waals surface area contributed by atoms with Gasteiger partial charge in [-0.15, -0.1) is 19.7 Å². The molecule has 4 rings (SSSR count). The highest BCUT2D eigenvalue weighted by Gasteiger charge is 2.54. The van der Waals surface area contributed by atoms with Gasteiger partial charge < -0.3 is 4.43 Å². The van der Waals surface area contributed by atoms with Crippen LogP contribution in [0.25, 0.3) is 0 Å². The third kappa shape index (κ3) is 2.17. The molecule has 4 aliphatic rings. The molecule has 2 heteroatoms. The lowest BCUT2D eigenvalue weighted by Gasteiger charge is -2.59. The molecule has 0 aromatic carbocycles. The van der Waals surface area contributed by atoms with E-state index in [-0.39, 0.29) is 0 Å². The molecule has 0 aliphatic heterocycles. The molecule has 4 fully saturated rings. The zero-order chi connectivity index (χ0) is 14.4. The van der Waals surface area contributed by atoms with Gasteiger partial charge in [0.15, 0.2) is 0 Å². The molecule has 0 aromatic rings. The van der Waals surface area contributed by atoms with E-state index in [2.05, 4.69) is 26.7 Å². The van der Waals surface area contributed by atoms with Crippen LogP contribution < -0.4 is 0 Å². The first-order valence-electron chi connectivity index (χ1n) is 8.13. The molecule has 0 heterocycles. The standard InChI is InChI=1S/C18H28OSi/c1-5-20(6-2,7-3)19-14(4)18-11-15-8-16(12-18)10-17(9-15)13-18/h5-7,14-17H,1-3,8-13H2,4H3. The minimum Gasteiger partial charge on any atom is -0.402 e. The van der Waals surface area contributed by atoms with E-state index in [1.165, 1.54) is 38.5 Å². The van der Waals surface area contributed by atoms with Crippen molar-refractivity contribution >= 4 is 8.32 Å². The molecule has 0 spiro atoms. The molecule has 0 aromatic heterocycles. The Hall–Kier alpha value is -0.603. The Morgan fingerprint density at radius 3 is 1.70 bits per heavy atom.